The van der Waals surface area contributed by atoms with Crippen LogP contribution >= 0.6 is 0 Å². The van der Waals surface area contributed by atoms with Crippen LogP contribution in [-0.2, 0) is 7.05 Å². The Balaban J connectivity index is 1.65. The van der Waals surface area contributed by atoms with Crippen LogP contribution in [0.15, 0.2) is 84.9 Å². The van der Waals surface area contributed by atoms with Gasteiger partial charge in [-0.3, -0.25) is 0 Å². The second kappa shape index (κ2) is 7.92. The molecule has 0 spiro atoms. The summed E-state index contributed by atoms with van der Waals surface area (Å²) in [5.74, 6) is -0.341. The van der Waals surface area contributed by atoms with E-state index in [9.17, 15) is 9.90 Å². The highest BCUT2D eigenvalue weighted by Crippen LogP contribution is 2.43. The number of carbonyl (C=O) groups is 1. The summed E-state index contributed by atoms with van der Waals surface area (Å²) >= 11 is 0. The van der Waals surface area contributed by atoms with E-state index in [0.29, 0.717) is 11.5 Å². The van der Waals surface area contributed by atoms with Gasteiger partial charge in [0, 0.05) is 23.5 Å². The fourth-order valence-corrected chi connectivity index (χ4v) is 4.92. The summed E-state index contributed by atoms with van der Waals surface area (Å²) in [5.41, 5.74) is 7.60. The molecule has 1 unspecified atom stereocenters. The molecule has 1 N–H and O–H groups in total. The van der Waals surface area contributed by atoms with Crippen LogP contribution in [0, 0.1) is 0 Å². The first-order chi connectivity index (χ1) is 15.1. The molecule has 1 aliphatic carbocycles. The third kappa shape index (κ3) is 3.46. The van der Waals surface area contributed by atoms with Gasteiger partial charge in [0.2, 0.25) is 0 Å². The highest BCUT2D eigenvalue weighted by molar-refractivity contribution is 6.03. The van der Waals surface area contributed by atoms with Gasteiger partial charge in [0.1, 0.15) is 0 Å². The number of carboxylic acids is 1. The SMILES string of the molecule is Cn1c(-c2ccccc2)c(C2=CCC(c3ccccc3)CC2)c2ccc(C(=O)O)cc21. The third-order valence-electron chi connectivity index (χ3n) is 6.50. The molecule has 3 aromatic carbocycles. The number of benzene rings is 3. The van der Waals surface area contributed by atoms with Gasteiger partial charge in [-0.25, -0.2) is 4.79 Å². The van der Waals surface area contributed by atoms with Crippen molar-refractivity contribution in [3.63, 3.8) is 0 Å². The van der Waals surface area contributed by atoms with E-state index < -0.39 is 5.97 Å². The van der Waals surface area contributed by atoms with Crippen molar-refractivity contribution in [1.29, 1.82) is 0 Å². The molecule has 1 atom stereocenters. The van der Waals surface area contributed by atoms with E-state index >= 15 is 0 Å². The minimum absolute atomic E-state index is 0.320. The monoisotopic (exact) mass is 407 g/mol. The molecule has 5 rings (SSSR count). The highest BCUT2D eigenvalue weighted by atomic mass is 16.4. The van der Waals surface area contributed by atoms with Crippen molar-refractivity contribution >= 4 is 22.4 Å². The molecule has 0 aliphatic heterocycles. The first-order valence-electron chi connectivity index (χ1n) is 10.8. The normalized spacial score (nSPS) is 16.3. The summed E-state index contributed by atoms with van der Waals surface area (Å²) in [5, 5.41) is 10.6. The topological polar surface area (TPSA) is 42.2 Å². The van der Waals surface area contributed by atoms with Crippen molar-refractivity contribution in [3.05, 3.63) is 102 Å². The number of aromatic nitrogens is 1. The second-order valence-electron chi connectivity index (χ2n) is 8.30. The fraction of sp³-hybridized carbons (Fsp3) is 0.179. The zero-order valence-electron chi connectivity index (χ0n) is 17.6. The Hall–Kier alpha value is -3.59. The van der Waals surface area contributed by atoms with Gasteiger partial charge in [-0.05, 0) is 54.0 Å². The number of allylic oxidation sites excluding steroid dienone is 2. The molecule has 1 aliphatic rings. The molecule has 31 heavy (non-hydrogen) atoms. The summed E-state index contributed by atoms with van der Waals surface area (Å²) in [6.45, 7) is 0. The Kier molecular flexibility index (Phi) is 4.95. The van der Waals surface area contributed by atoms with E-state index in [2.05, 4.69) is 65.2 Å². The number of aryl methyl sites for hydroxylation is 1. The number of hydrogen-bond acceptors (Lipinski definition) is 1. The Morgan fingerprint density at radius 2 is 1.68 bits per heavy atom. The van der Waals surface area contributed by atoms with Crippen molar-refractivity contribution in [1.82, 2.24) is 4.57 Å². The fourth-order valence-electron chi connectivity index (χ4n) is 4.92. The summed E-state index contributed by atoms with van der Waals surface area (Å²) in [7, 11) is 2.04. The van der Waals surface area contributed by atoms with E-state index in [1.54, 1.807) is 12.1 Å². The van der Waals surface area contributed by atoms with E-state index in [0.717, 1.165) is 41.4 Å². The van der Waals surface area contributed by atoms with E-state index in [1.165, 1.54) is 16.7 Å². The van der Waals surface area contributed by atoms with Gasteiger partial charge in [-0.2, -0.15) is 0 Å². The molecule has 3 heteroatoms. The van der Waals surface area contributed by atoms with E-state index in [4.69, 9.17) is 0 Å². The smallest absolute Gasteiger partial charge is 0.335 e. The molecule has 1 aromatic heterocycles. The van der Waals surface area contributed by atoms with Crippen molar-refractivity contribution in [2.75, 3.05) is 0 Å². The Morgan fingerprint density at radius 1 is 0.968 bits per heavy atom. The van der Waals surface area contributed by atoms with Crippen LogP contribution in [0.2, 0.25) is 0 Å². The van der Waals surface area contributed by atoms with Gasteiger partial charge < -0.3 is 9.67 Å². The van der Waals surface area contributed by atoms with Crippen LogP contribution in [0.5, 0.6) is 0 Å². The first-order valence-corrected chi connectivity index (χ1v) is 10.8. The lowest BCUT2D eigenvalue weighted by Gasteiger charge is -2.23. The minimum Gasteiger partial charge on any atom is -0.478 e. The van der Waals surface area contributed by atoms with Crippen LogP contribution in [-0.4, -0.2) is 15.6 Å². The number of nitrogens with zero attached hydrogens (tertiary/aromatic N) is 1. The summed E-state index contributed by atoms with van der Waals surface area (Å²) in [6, 6.07) is 26.7. The molecule has 1 heterocycles. The van der Waals surface area contributed by atoms with Crippen LogP contribution in [0.25, 0.3) is 27.7 Å². The summed E-state index contributed by atoms with van der Waals surface area (Å²) < 4.78 is 2.15. The largest absolute Gasteiger partial charge is 0.478 e. The molecular weight excluding hydrogens is 382 g/mol. The van der Waals surface area contributed by atoms with E-state index in [-0.39, 0.29) is 0 Å². The van der Waals surface area contributed by atoms with E-state index in [1.807, 2.05) is 19.2 Å². The Morgan fingerprint density at radius 3 is 2.32 bits per heavy atom. The second-order valence-corrected chi connectivity index (χ2v) is 8.30. The number of fused-ring (bicyclic) bond motifs is 1. The minimum atomic E-state index is -0.895. The third-order valence-corrected chi connectivity index (χ3v) is 6.50. The maximum absolute atomic E-state index is 11.6. The van der Waals surface area contributed by atoms with Crippen LogP contribution in [0.4, 0.5) is 0 Å². The predicted octanol–water partition coefficient (Wildman–Crippen LogP) is 6.89. The molecule has 4 aromatic rings. The van der Waals surface area contributed by atoms with Crippen molar-refractivity contribution in [2.24, 2.45) is 7.05 Å². The lowest BCUT2D eigenvalue weighted by molar-refractivity contribution is 0.0697. The molecule has 0 bridgehead atoms. The van der Waals surface area contributed by atoms with Crippen molar-refractivity contribution in [2.45, 2.75) is 25.2 Å². The van der Waals surface area contributed by atoms with Gasteiger partial charge in [-0.15, -0.1) is 0 Å². The average Bonchev–Trinajstić information content (AvgIpc) is 3.12. The maximum atomic E-state index is 11.6. The Bertz CT molecular complexity index is 1280. The molecule has 0 saturated heterocycles. The lowest BCUT2D eigenvalue weighted by Crippen LogP contribution is -2.04. The lowest BCUT2D eigenvalue weighted by atomic mass is 9.81. The molecule has 0 radical (unpaired) electrons. The van der Waals surface area contributed by atoms with Gasteiger partial charge in [0.25, 0.3) is 0 Å². The predicted molar refractivity (Wildman–Crippen MR) is 126 cm³/mol. The maximum Gasteiger partial charge on any atom is 0.335 e. The quantitative estimate of drug-likeness (QED) is 0.400. The van der Waals surface area contributed by atoms with Gasteiger partial charge in [-0.1, -0.05) is 72.8 Å². The molecule has 154 valence electrons. The Labute approximate surface area is 182 Å². The summed E-state index contributed by atoms with van der Waals surface area (Å²) in [4.78, 5) is 11.6. The molecule has 0 amide bonds. The van der Waals surface area contributed by atoms with Crippen LogP contribution < -0.4 is 0 Å². The number of rotatable bonds is 4. The van der Waals surface area contributed by atoms with Crippen molar-refractivity contribution < 1.29 is 9.90 Å². The molecule has 3 nitrogen and oxygen atoms in total. The zero-order chi connectivity index (χ0) is 21.4. The molecule has 0 fully saturated rings. The van der Waals surface area contributed by atoms with Crippen LogP contribution in [0.1, 0.15) is 46.7 Å². The molecular formula is C28H25NO2. The average molecular weight is 408 g/mol. The number of hydrogen-bond donors (Lipinski definition) is 1. The molecule has 0 saturated carbocycles. The van der Waals surface area contributed by atoms with Crippen LogP contribution in [0.3, 0.4) is 0 Å². The first kappa shape index (κ1) is 19.4. The van der Waals surface area contributed by atoms with Crippen molar-refractivity contribution in [3.8, 4) is 11.3 Å². The number of carboxylic acid groups (broad SMARTS) is 1. The van der Waals surface area contributed by atoms with Gasteiger partial charge in [0.15, 0.2) is 0 Å². The highest BCUT2D eigenvalue weighted by Gasteiger charge is 2.24. The zero-order valence-corrected chi connectivity index (χ0v) is 17.6. The van der Waals surface area contributed by atoms with Gasteiger partial charge >= 0.3 is 5.97 Å². The van der Waals surface area contributed by atoms with Gasteiger partial charge in [0.05, 0.1) is 11.3 Å². The number of aromatic carboxylic acids is 1. The summed E-state index contributed by atoms with van der Waals surface area (Å²) in [6.07, 6.45) is 5.55. The standard InChI is InChI=1S/C28H25NO2/c1-29-25-18-23(28(30)31)16-17-24(25)26(27(29)22-10-6-3-7-11-22)21-14-12-20(13-15-21)19-8-4-2-5-9-19/h2-11,14,16-18,20H,12-13,15H2,1H3,(H,30,31).